The van der Waals surface area contributed by atoms with Crippen LogP contribution in [0.15, 0.2) is 30.3 Å². The van der Waals surface area contributed by atoms with Crippen molar-refractivity contribution < 1.29 is 4.92 Å². The first-order valence-electron chi connectivity index (χ1n) is 5.81. The lowest BCUT2D eigenvalue weighted by Crippen LogP contribution is -2.21. The number of rotatable bonds is 2. The molecule has 1 aromatic carbocycles. The number of nitro groups is 1. The highest BCUT2D eigenvalue weighted by atomic mass is 32.1. The summed E-state index contributed by atoms with van der Waals surface area (Å²) in [5.41, 5.74) is 2.56. The van der Waals surface area contributed by atoms with Gasteiger partial charge in [0.25, 0.3) is 5.69 Å². The molecule has 0 amide bonds. The summed E-state index contributed by atoms with van der Waals surface area (Å²) in [7, 11) is 0. The second-order valence-electron chi connectivity index (χ2n) is 4.29. The van der Waals surface area contributed by atoms with Crippen molar-refractivity contribution in [2.45, 2.75) is 13.0 Å². The Morgan fingerprint density at radius 3 is 2.72 bits per heavy atom. The van der Waals surface area contributed by atoms with Crippen LogP contribution >= 0.6 is 11.3 Å². The Kier molecular flexibility index (Phi) is 2.85. The van der Waals surface area contributed by atoms with Crippen LogP contribution in [0.3, 0.4) is 0 Å². The Labute approximate surface area is 108 Å². The lowest BCUT2D eigenvalue weighted by molar-refractivity contribution is -0.384. The molecule has 1 aliphatic heterocycles. The van der Waals surface area contributed by atoms with E-state index in [0.29, 0.717) is 0 Å². The largest absolute Gasteiger partial charge is 0.312 e. The topological polar surface area (TPSA) is 55.2 Å². The minimum Gasteiger partial charge on any atom is -0.312 e. The number of non-ortho nitro benzene ring substituents is 1. The first-order chi connectivity index (χ1) is 8.74. The van der Waals surface area contributed by atoms with E-state index in [4.69, 9.17) is 0 Å². The molecule has 0 fully saturated rings. The van der Waals surface area contributed by atoms with E-state index in [2.05, 4.69) is 11.4 Å². The third-order valence-electron chi connectivity index (χ3n) is 3.10. The molecule has 1 aliphatic rings. The number of fused-ring (bicyclic) bond motifs is 1. The predicted molar refractivity (Wildman–Crippen MR) is 71.8 cm³/mol. The van der Waals surface area contributed by atoms with Crippen molar-refractivity contribution in [1.29, 1.82) is 0 Å². The number of hydrogen-bond acceptors (Lipinski definition) is 4. The molecular weight excluding hydrogens is 248 g/mol. The van der Waals surface area contributed by atoms with Gasteiger partial charge in [-0.1, -0.05) is 0 Å². The van der Waals surface area contributed by atoms with Crippen molar-refractivity contribution in [3.8, 4) is 10.4 Å². The Bertz CT molecular complexity index is 566. The lowest BCUT2D eigenvalue weighted by atomic mass is 10.1. The van der Waals surface area contributed by atoms with Crippen LogP contribution in [0.25, 0.3) is 10.4 Å². The van der Waals surface area contributed by atoms with E-state index in [1.54, 1.807) is 23.5 Å². The minimum atomic E-state index is -0.368. The van der Waals surface area contributed by atoms with E-state index in [9.17, 15) is 10.1 Å². The molecule has 92 valence electrons. The zero-order valence-electron chi connectivity index (χ0n) is 9.68. The SMILES string of the molecule is O=[N+]([O-])c1ccc(-c2cc3c(s2)CCNC3)cc1. The Hall–Kier alpha value is -1.72. The summed E-state index contributed by atoms with van der Waals surface area (Å²) in [4.78, 5) is 12.9. The molecule has 0 atom stereocenters. The molecule has 1 aromatic heterocycles. The van der Waals surface area contributed by atoms with Gasteiger partial charge in [0.05, 0.1) is 4.92 Å². The summed E-state index contributed by atoms with van der Waals surface area (Å²) in [5, 5.41) is 14.0. The number of thiophene rings is 1. The van der Waals surface area contributed by atoms with Crippen LogP contribution < -0.4 is 5.32 Å². The van der Waals surface area contributed by atoms with E-state index in [1.165, 1.54) is 15.3 Å². The van der Waals surface area contributed by atoms with Crippen molar-refractivity contribution in [3.05, 3.63) is 50.9 Å². The molecule has 0 saturated heterocycles. The molecule has 1 N–H and O–H groups in total. The van der Waals surface area contributed by atoms with Gasteiger partial charge >= 0.3 is 0 Å². The van der Waals surface area contributed by atoms with E-state index in [-0.39, 0.29) is 10.6 Å². The van der Waals surface area contributed by atoms with Gasteiger partial charge in [0, 0.05) is 35.0 Å². The van der Waals surface area contributed by atoms with Crippen LogP contribution in [0.5, 0.6) is 0 Å². The third kappa shape index (κ3) is 2.02. The standard InChI is InChI=1S/C13H12N2O2S/c16-15(17)11-3-1-9(2-4-11)13-7-10-8-14-6-5-12(10)18-13/h1-4,7,14H,5-6,8H2. The van der Waals surface area contributed by atoms with Crippen molar-refractivity contribution >= 4 is 17.0 Å². The highest BCUT2D eigenvalue weighted by Gasteiger charge is 2.14. The van der Waals surface area contributed by atoms with Crippen molar-refractivity contribution in [2.24, 2.45) is 0 Å². The second-order valence-corrected chi connectivity index (χ2v) is 5.43. The van der Waals surface area contributed by atoms with Crippen LogP contribution in [0.4, 0.5) is 5.69 Å². The predicted octanol–water partition coefficient (Wildman–Crippen LogP) is 2.97. The molecule has 0 radical (unpaired) electrons. The lowest BCUT2D eigenvalue weighted by Gasteiger charge is -2.10. The molecule has 5 heteroatoms. The van der Waals surface area contributed by atoms with Crippen molar-refractivity contribution in [2.75, 3.05) is 6.54 Å². The van der Waals surface area contributed by atoms with E-state index in [1.807, 2.05) is 12.1 Å². The van der Waals surface area contributed by atoms with E-state index in [0.717, 1.165) is 25.1 Å². The number of nitrogens with zero attached hydrogens (tertiary/aromatic N) is 1. The fraction of sp³-hybridized carbons (Fsp3) is 0.231. The maximum absolute atomic E-state index is 10.6. The van der Waals surface area contributed by atoms with E-state index < -0.39 is 0 Å². The highest BCUT2D eigenvalue weighted by molar-refractivity contribution is 7.15. The van der Waals surface area contributed by atoms with Gasteiger partial charge in [-0.15, -0.1) is 11.3 Å². The van der Waals surface area contributed by atoms with Gasteiger partial charge in [-0.25, -0.2) is 0 Å². The zero-order valence-corrected chi connectivity index (χ0v) is 10.5. The summed E-state index contributed by atoms with van der Waals surface area (Å²) < 4.78 is 0. The molecule has 0 bridgehead atoms. The maximum Gasteiger partial charge on any atom is 0.269 e. The smallest absolute Gasteiger partial charge is 0.269 e. The van der Waals surface area contributed by atoms with Gasteiger partial charge in [0.1, 0.15) is 0 Å². The average Bonchev–Trinajstić information content (AvgIpc) is 2.82. The third-order valence-corrected chi connectivity index (χ3v) is 4.39. The van der Waals surface area contributed by atoms with Gasteiger partial charge in [-0.3, -0.25) is 10.1 Å². The number of hydrogen-bond donors (Lipinski definition) is 1. The fourth-order valence-corrected chi connectivity index (χ4v) is 3.33. The number of nitrogens with one attached hydrogen (secondary N) is 1. The van der Waals surface area contributed by atoms with Crippen molar-refractivity contribution in [1.82, 2.24) is 5.32 Å². The average molecular weight is 260 g/mol. The first-order valence-corrected chi connectivity index (χ1v) is 6.63. The van der Waals surface area contributed by atoms with Crippen LogP contribution in [0.2, 0.25) is 0 Å². The summed E-state index contributed by atoms with van der Waals surface area (Å²) in [6.45, 7) is 1.96. The van der Waals surface area contributed by atoms with Gasteiger partial charge in [-0.05, 0) is 35.7 Å². The van der Waals surface area contributed by atoms with Crippen molar-refractivity contribution in [3.63, 3.8) is 0 Å². The van der Waals surface area contributed by atoms with Crippen LogP contribution in [-0.2, 0) is 13.0 Å². The summed E-state index contributed by atoms with van der Waals surface area (Å²) >= 11 is 1.79. The first kappa shape index (κ1) is 11.4. The number of benzene rings is 1. The summed E-state index contributed by atoms with van der Waals surface area (Å²) in [6.07, 6.45) is 1.08. The van der Waals surface area contributed by atoms with Gasteiger partial charge < -0.3 is 5.32 Å². The summed E-state index contributed by atoms with van der Waals surface area (Å²) in [6, 6.07) is 8.96. The molecular formula is C13H12N2O2S. The molecule has 0 spiro atoms. The number of nitro benzene ring substituents is 1. The molecule has 2 heterocycles. The highest BCUT2D eigenvalue weighted by Crippen LogP contribution is 2.33. The minimum absolute atomic E-state index is 0.140. The van der Waals surface area contributed by atoms with Gasteiger partial charge in [0.2, 0.25) is 0 Å². The molecule has 18 heavy (non-hydrogen) atoms. The molecule has 3 rings (SSSR count). The molecule has 0 saturated carbocycles. The van der Waals surface area contributed by atoms with Gasteiger partial charge in [-0.2, -0.15) is 0 Å². The van der Waals surface area contributed by atoms with Crippen LogP contribution in [-0.4, -0.2) is 11.5 Å². The van der Waals surface area contributed by atoms with Crippen LogP contribution in [0.1, 0.15) is 10.4 Å². The zero-order chi connectivity index (χ0) is 12.5. The maximum atomic E-state index is 10.6. The Morgan fingerprint density at radius 2 is 2.06 bits per heavy atom. The summed E-state index contributed by atoms with van der Waals surface area (Å²) in [5.74, 6) is 0. The van der Waals surface area contributed by atoms with Gasteiger partial charge in [0.15, 0.2) is 0 Å². The second kappa shape index (κ2) is 4.51. The fourth-order valence-electron chi connectivity index (χ4n) is 2.14. The Balaban J connectivity index is 1.94. The Morgan fingerprint density at radius 1 is 1.28 bits per heavy atom. The molecule has 4 nitrogen and oxygen atoms in total. The monoisotopic (exact) mass is 260 g/mol. The van der Waals surface area contributed by atoms with E-state index >= 15 is 0 Å². The van der Waals surface area contributed by atoms with Crippen LogP contribution in [0, 0.1) is 10.1 Å². The molecule has 0 unspecified atom stereocenters. The molecule has 0 aliphatic carbocycles. The normalized spacial score (nSPS) is 14.2. The molecule has 2 aromatic rings. The quantitative estimate of drug-likeness (QED) is 0.667.